The number of thiocarbonyl (C=S) groups is 1. The van der Waals surface area contributed by atoms with Crippen LogP contribution in [0.3, 0.4) is 0 Å². The van der Waals surface area contributed by atoms with Crippen LogP contribution in [0, 0.1) is 5.41 Å². The molecule has 0 atom stereocenters. The van der Waals surface area contributed by atoms with Crippen molar-refractivity contribution in [2.24, 2.45) is 11.1 Å². The van der Waals surface area contributed by atoms with Crippen molar-refractivity contribution in [3.05, 3.63) is 0 Å². The largest absolute Gasteiger partial charge is 0.392 e. The van der Waals surface area contributed by atoms with Crippen LogP contribution in [0.1, 0.15) is 46.0 Å². The number of hydrogen-bond acceptors (Lipinski definition) is 4. The Morgan fingerprint density at radius 3 is 2.24 bits per heavy atom. The topological polar surface area (TPSA) is 101 Å². The quantitative estimate of drug-likeness (QED) is 0.619. The standard InChI is InChI=1S/C13H25N3O3S2/c1-12(2,16-21(3,18)19)9-15-11(17)13(10(14)20)7-5-4-6-8-13/h16H,4-9H2,1-3H3,(H2,14,20)(H,15,17). The number of rotatable bonds is 6. The Balaban J connectivity index is 2.73. The third-order valence-electron chi connectivity index (χ3n) is 3.77. The summed E-state index contributed by atoms with van der Waals surface area (Å²) >= 11 is 5.10. The van der Waals surface area contributed by atoms with Crippen LogP contribution in [0.15, 0.2) is 0 Å². The number of hydrogen-bond donors (Lipinski definition) is 3. The van der Waals surface area contributed by atoms with Crippen molar-refractivity contribution in [3.63, 3.8) is 0 Å². The maximum atomic E-state index is 12.5. The summed E-state index contributed by atoms with van der Waals surface area (Å²) < 4.78 is 25.1. The molecule has 122 valence electrons. The third-order valence-corrected chi connectivity index (χ3v) is 5.08. The van der Waals surface area contributed by atoms with E-state index in [0.717, 1.165) is 25.5 Å². The van der Waals surface area contributed by atoms with Gasteiger partial charge < -0.3 is 11.1 Å². The van der Waals surface area contributed by atoms with E-state index >= 15 is 0 Å². The van der Waals surface area contributed by atoms with Gasteiger partial charge in [-0.3, -0.25) is 4.79 Å². The van der Waals surface area contributed by atoms with Crippen LogP contribution < -0.4 is 15.8 Å². The highest BCUT2D eigenvalue weighted by atomic mass is 32.2. The van der Waals surface area contributed by atoms with Crippen LogP contribution in [0.25, 0.3) is 0 Å². The van der Waals surface area contributed by atoms with E-state index in [9.17, 15) is 13.2 Å². The van der Waals surface area contributed by atoms with Crippen molar-refractivity contribution in [2.45, 2.75) is 51.5 Å². The minimum Gasteiger partial charge on any atom is -0.392 e. The van der Waals surface area contributed by atoms with Gasteiger partial charge in [-0.2, -0.15) is 0 Å². The average Bonchev–Trinajstić information content (AvgIpc) is 2.33. The van der Waals surface area contributed by atoms with Gasteiger partial charge in [0.1, 0.15) is 0 Å². The van der Waals surface area contributed by atoms with E-state index in [4.69, 9.17) is 18.0 Å². The molecule has 1 amide bonds. The number of amides is 1. The molecule has 4 N–H and O–H groups in total. The van der Waals surface area contributed by atoms with Gasteiger partial charge in [-0.05, 0) is 26.7 Å². The maximum absolute atomic E-state index is 12.5. The second-order valence-corrected chi connectivity index (χ2v) is 8.64. The fourth-order valence-corrected chi connectivity index (χ4v) is 4.12. The van der Waals surface area contributed by atoms with Gasteiger partial charge in [0.2, 0.25) is 15.9 Å². The molecule has 21 heavy (non-hydrogen) atoms. The van der Waals surface area contributed by atoms with Crippen molar-refractivity contribution in [3.8, 4) is 0 Å². The molecular formula is C13H25N3O3S2. The molecule has 0 spiro atoms. The Labute approximate surface area is 132 Å². The summed E-state index contributed by atoms with van der Waals surface area (Å²) in [5, 5.41) is 2.80. The smallest absolute Gasteiger partial charge is 0.233 e. The van der Waals surface area contributed by atoms with Gasteiger partial charge in [0.05, 0.1) is 16.7 Å². The van der Waals surface area contributed by atoms with Crippen LogP contribution in [0.2, 0.25) is 0 Å². The van der Waals surface area contributed by atoms with Gasteiger partial charge in [0.25, 0.3) is 0 Å². The molecule has 0 saturated heterocycles. The molecule has 1 rings (SSSR count). The lowest BCUT2D eigenvalue weighted by Gasteiger charge is -2.36. The average molecular weight is 335 g/mol. The monoisotopic (exact) mass is 335 g/mol. The minimum atomic E-state index is -3.34. The van der Waals surface area contributed by atoms with Crippen LogP contribution in [0.5, 0.6) is 0 Å². The molecule has 1 saturated carbocycles. The predicted octanol–water partition coefficient (Wildman–Crippen LogP) is 0.667. The highest BCUT2D eigenvalue weighted by Gasteiger charge is 2.42. The molecule has 0 radical (unpaired) electrons. The maximum Gasteiger partial charge on any atom is 0.233 e. The van der Waals surface area contributed by atoms with E-state index in [1.807, 2.05) is 0 Å². The van der Waals surface area contributed by atoms with Crippen LogP contribution in [-0.2, 0) is 14.8 Å². The van der Waals surface area contributed by atoms with E-state index in [1.54, 1.807) is 13.8 Å². The number of carbonyl (C=O) groups excluding carboxylic acids is 1. The Morgan fingerprint density at radius 2 is 1.81 bits per heavy atom. The summed E-state index contributed by atoms with van der Waals surface area (Å²) in [5.41, 5.74) is 4.25. The van der Waals surface area contributed by atoms with Gasteiger partial charge in [0, 0.05) is 12.1 Å². The van der Waals surface area contributed by atoms with E-state index in [2.05, 4.69) is 10.0 Å². The molecule has 0 heterocycles. The lowest BCUT2D eigenvalue weighted by Crippen LogP contribution is -2.56. The normalized spacial score (nSPS) is 19.0. The second kappa shape index (κ2) is 6.58. The first-order valence-electron chi connectivity index (χ1n) is 7.06. The molecule has 0 aliphatic heterocycles. The van der Waals surface area contributed by atoms with Crippen molar-refractivity contribution >= 4 is 33.1 Å². The van der Waals surface area contributed by atoms with E-state index in [0.29, 0.717) is 12.8 Å². The fraction of sp³-hybridized carbons (Fsp3) is 0.846. The van der Waals surface area contributed by atoms with Crippen LogP contribution in [0.4, 0.5) is 0 Å². The van der Waals surface area contributed by atoms with E-state index < -0.39 is 21.0 Å². The highest BCUT2D eigenvalue weighted by molar-refractivity contribution is 7.88. The number of nitrogens with one attached hydrogen (secondary N) is 2. The van der Waals surface area contributed by atoms with Gasteiger partial charge in [-0.1, -0.05) is 31.5 Å². The zero-order valence-corrected chi connectivity index (χ0v) is 14.5. The Kier molecular flexibility index (Phi) is 5.74. The molecule has 1 aliphatic rings. The zero-order chi connectivity index (χ0) is 16.3. The molecule has 8 heteroatoms. The van der Waals surface area contributed by atoms with Gasteiger partial charge >= 0.3 is 0 Å². The molecule has 6 nitrogen and oxygen atoms in total. The number of nitrogens with two attached hydrogens (primary N) is 1. The first-order chi connectivity index (χ1) is 9.49. The van der Waals surface area contributed by atoms with Gasteiger partial charge in [-0.25, -0.2) is 13.1 Å². The molecule has 0 aromatic heterocycles. The first-order valence-corrected chi connectivity index (χ1v) is 9.36. The zero-order valence-electron chi connectivity index (χ0n) is 12.9. The lowest BCUT2D eigenvalue weighted by atomic mass is 9.73. The summed E-state index contributed by atoms with van der Waals surface area (Å²) in [5.74, 6) is -0.196. The summed E-state index contributed by atoms with van der Waals surface area (Å²) in [6.07, 6.45) is 5.35. The lowest BCUT2D eigenvalue weighted by molar-refractivity contribution is -0.129. The Hall–Kier alpha value is -0.730. The van der Waals surface area contributed by atoms with Crippen molar-refractivity contribution in [2.75, 3.05) is 12.8 Å². The Bertz CT molecular complexity index is 509. The summed E-state index contributed by atoms with van der Waals surface area (Å²) in [6.45, 7) is 3.61. The van der Waals surface area contributed by atoms with Gasteiger partial charge in [-0.15, -0.1) is 0 Å². The SMILES string of the molecule is CC(C)(CNC(=O)C1(C(N)=S)CCCCC1)NS(C)(=O)=O. The summed E-state index contributed by atoms with van der Waals surface area (Å²) in [6, 6.07) is 0. The summed E-state index contributed by atoms with van der Waals surface area (Å²) in [4.78, 5) is 12.7. The number of sulfonamides is 1. The van der Waals surface area contributed by atoms with Gasteiger partial charge in [0.15, 0.2) is 0 Å². The predicted molar refractivity (Wildman–Crippen MR) is 87.4 cm³/mol. The molecule has 0 unspecified atom stereocenters. The van der Waals surface area contributed by atoms with Crippen LogP contribution >= 0.6 is 12.2 Å². The molecular weight excluding hydrogens is 310 g/mol. The summed E-state index contributed by atoms with van der Waals surface area (Å²) in [7, 11) is -3.34. The third kappa shape index (κ3) is 5.19. The van der Waals surface area contributed by atoms with Crippen molar-refractivity contribution in [1.29, 1.82) is 0 Å². The van der Waals surface area contributed by atoms with Crippen molar-refractivity contribution in [1.82, 2.24) is 10.0 Å². The minimum absolute atomic E-state index is 0.184. The van der Waals surface area contributed by atoms with E-state index in [-0.39, 0.29) is 17.4 Å². The molecule has 0 bridgehead atoms. The molecule has 0 aromatic rings. The molecule has 1 fully saturated rings. The van der Waals surface area contributed by atoms with E-state index in [1.165, 1.54) is 0 Å². The van der Waals surface area contributed by atoms with Crippen LogP contribution in [-0.4, -0.2) is 37.7 Å². The highest BCUT2D eigenvalue weighted by Crippen LogP contribution is 2.37. The first kappa shape index (κ1) is 18.3. The molecule has 0 aromatic carbocycles. The van der Waals surface area contributed by atoms with Crippen molar-refractivity contribution < 1.29 is 13.2 Å². The Morgan fingerprint density at radius 1 is 1.29 bits per heavy atom. The molecule has 1 aliphatic carbocycles. The number of carbonyl (C=O) groups is 1. The fourth-order valence-electron chi connectivity index (χ4n) is 2.75. The second-order valence-electron chi connectivity index (χ2n) is 6.45.